The van der Waals surface area contributed by atoms with Crippen LogP contribution in [0.15, 0.2) is 28.7 Å². The van der Waals surface area contributed by atoms with Gasteiger partial charge in [-0.3, -0.25) is 4.90 Å². The fourth-order valence-electron chi connectivity index (χ4n) is 2.13. The third-order valence-corrected chi connectivity index (χ3v) is 3.17. The highest BCUT2D eigenvalue weighted by Gasteiger charge is 2.11. The number of hydrogen-bond donors (Lipinski definition) is 1. The molecule has 0 aliphatic heterocycles. The largest absolute Gasteiger partial charge is 0.475 e. The summed E-state index contributed by atoms with van der Waals surface area (Å²) >= 11 is 0. The van der Waals surface area contributed by atoms with Gasteiger partial charge in [-0.15, -0.1) is 0 Å². The van der Waals surface area contributed by atoms with Crippen molar-refractivity contribution in [1.29, 1.82) is 0 Å². The van der Waals surface area contributed by atoms with Gasteiger partial charge >= 0.3 is 5.97 Å². The molecule has 0 spiro atoms. The molecule has 2 aromatic rings. The van der Waals surface area contributed by atoms with Gasteiger partial charge in [-0.2, -0.15) is 0 Å². The lowest BCUT2D eigenvalue weighted by Gasteiger charge is -2.17. The third kappa shape index (κ3) is 4.31. The molecule has 0 amide bonds. The number of hydrogen-bond acceptors (Lipinski definition) is 4. The Balaban J connectivity index is 2.00. The van der Waals surface area contributed by atoms with Crippen LogP contribution in [0.25, 0.3) is 11.0 Å². The van der Waals surface area contributed by atoms with E-state index in [1.807, 2.05) is 39.1 Å². The highest BCUT2D eigenvalue weighted by molar-refractivity contribution is 5.91. The standard InChI is InChI=1S/C16H21NO4/c1-11(2)20-7-6-17(3)10-12-4-5-14-13(8-12)9-15(21-14)16(18)19/h4-5,8-9,11H,6-7,10H2,1-3H3,(H,18,19). The van der Waals surface area contributed by atoms with Gasteiger partial charge in [0.25, 0.3) is 0 Å². The van der Waals surface area contributed by atoms with Crippen LogP contribution in [-0.2, 0) is 11.3 Å². The number of rotatable bonds is 7. The van der Waals surface area contributed by atoms with Crippen molar-refractivity contribution < 1.29 is 19.1 Å². The molecule has 0 unspecified atom stereocenters. The molecule has 5 heteroatoms. The lowest BCUT2D eigenvalue weighted by molar-refractivity contribution is 0.0626. The van der Waals surface area contributed by atoms with E-state index >= 15 is 0 Å². The van der Waals surface area contributed by atoms with Crippen LogP contribution >= 0.6 is 0 Å². The number of aromatic carboxylic acids is 1. The molecule has 0 saturated carbocycles. The molecule has 1 N–H and O–H groups in total. The van der Waals surface area contributed by atoms with Gasteiger partial charge in [0, 0.05) is 18.5 Å². The second-order valence-corrected chi connectivity index (χ2v) is 5.45. The smallest absolute Gasteiger partial charge is 0.371 e. The zero-order valence-electron chi connectivity index (χ0n) is 12.6. The maximum atomic E-state index is 10.9. The van der Waals surface area contributed by atoms with E-state index in [1.165, 1.54) is 0 Å². The first-order chi connectivity index (χ1) is 9.95. The molecule has 1 aromatic heterocycles. The summed E-state index contributed by atoms with van der Waals surface area (Å²) in [4.78, 5) is 13.1. The Kier molecular flexibility index (Phi) is 4.98. The topological polar surface area (TPSA) is 62.9 Å². The van der Waals surface area contributed by atoms with E-state index in [1.54, 1.807) is 6.07 Å². The van der Waals surface area contributed by atoms with Crippen LogP contribution in [0, 0.1) is 0 Å². The zero-order valence-corrected chi connectivity index (χ0v) is 12.6. The number of likely N-dealkylation sites (N-methyl/N-ethyl adjacent to an activating group) is 1. The zero-order chi connectivity index (χ0) is 15.4. The monoisotopic (exact) mass is 291 g/mol. The number of furan rings is 1. The molecular formula is C16H21NO4. The number of carboxylic acid groups (broad SMARTS) is 1. The van der Waals surface area contributed by atoms with Gasteiger partial charge in [0.05, 0.1) is 12.7 Å². The summed E-state index contributed by atoms with van der Waals surface area (Å²) in [6, 6.07) is 7.29. The highest BCUT2D eigenvalue weighted by Crippen LogP contribution is 2.21. The molecule has 0 fully saturated rings. The average molecular weight is 291 g/mol. The molecule has 0 saturated heterocycles. The maximum absolute atomic E-state index is 10.9. The van der Waals surface area contributed by atoms with Gasteiger partial charge in [0.15, 0.2) is 0 Å². The normalized spacial score (nSPS) is 11.7. The molecule has 2 rings (SSSR count). The van der Waals surface area contributed by atoms with Crippen molar-refractivity contribution in [2.45, 2.75) is 26.5 Å². The van der Waals surface area contributed by atoms with Gasteiger partial charge in [-0.25, -0.2) is 4.79 Å². The summed E-state index contributed by atoms with van der Waals surface area (Å²) in [5.41, 5.74) is 1.72. The van der Waals surface area contributed by atoms with Crippen molar-refractivity contribution in [3.63, 3.8) is 0 Å². The summed E-state index contributed by atoms with van der Waals surface area (Å²) in [6.07, 6.45) is 0.245. The van der Waals surface area contributed by atoms with E-state index < -0.39 is 5.97 Å². The number of benzene rings is 1. The van der Waals surface area contributed by atoms with E-state index in [0.29, 0.717) is 12.2 Å². The molecule has 1 aromatic carbocycles. The predicted octanol–water partition coefficient (Wildman–Crippen LogP) is 2.99. The fourth-order valence-corrected chi connectivity index (χ4v) is 2.13. The number of carbonyl (C=O) groups is 1. The minimum atomic E-state index is -1.05. The van der Waals surface area contributed by atoms with Crippen LogP contribution in [0.5, 0.6) is 0 Å². The quantitative estimate of drug-likeness (QED) is 0.849. The Labute approximate surface area is 124 Å². The van der Waals surface area contributed by atoms with Crippen LogP contribution < -0.4 is 0 Å². The van der Waals surface area contributed by atoms with Gasteiger partial charge < -0.3 is 14.3 Å². The number of carboxylic acids is 1. The Morgan fingerprint density at radius 2 is 2.14 bits per heavy atom. The first-order valence-electron chi connectivity index (χ1n) is 7.01. The maximum Gasteiger partial charge on any atom is 0.371 e. The average Bonchev–Trinajstić information content (AvgIpc) is 2.81. The van der Waals surface area contributed by atoms with Gasteiger partial charge in [0.1, 0.15) is 5.58 Å². The molecule has 21 heavy (non-hydrogen) atoms. The first kappa shape index (κ1) is 15.5. The van der Waals surface area contributed by atoms with Gasteiger partial charge in [0.2, 0.25) is 5.76 Å². The fraction of sp³-hybridized carbons (Fsp3) is 0.438. The second-order valence-electron chi connectivity index (χ2n) is 5.45. The lowest BCUT2D eigenvalue weighted by atomic mass is 10.1. The Morgan fingerprint density at radius 1 is 1.38 bits per heavy atom. The Morgan fingerprint density at radius 3 is 2.81 bits per heavy atom. The van der Waals surface area contributed by atoms with E-state index in [-0.39, 0.29) is 11.9 Å². The molecule has 5 nitrogen and oxygen atoms in total. The van der Waals surface area contributed by atoms with Crippen LogP contribution in [-0.4, -0.2) is 42.3 Å². The first-order valence-corrected chi connectivity index (χ1v) is 7.01. The van der Waals surface area contributed by atoms with Crippen LogP contribution in [0.2, 0.25) is 0 Å². The van der Waals surface area contributed by atoms with Crippen molar-refractivity contribution in [3.8, 4) is 0 Å². The minimum Gasteiger partial charge on any atom is -0.475 e. The molecule has 0 aliphatic carbocycles. The Bertz CT molecular complexity index is 618. The Hall–Kier alpha value is -1.85. The number of nitrogens with zero attached hydrogens (tertiary/aromatic N) is 1. The van der Waals surface area contributed by atoms with Crippen LogP contribution in [0.4, 0.5) is 0 Å². The van der Waals surface area contributed by atoms with Crippen molar-refractivity contribution in [1.82, 2.24) is 4.90 Å². The number of fused-ring (bicyclic) bond motifs is 1. The van der Waals surface area contributed by atoms with E-state index in [0.717, 1.165) is 24.0 Å². The molecule has 0 aliphatic rings. The summed E-state index contributed by atoms with van der Waals surface area (Å²) in [5.74, 6) is -1.07. The molecule has 1 heterocycles. The summed E-state index contributed by atoms with van der Waals surface area (Å²) in [7, 11) is 2.03. The van der Waals surface area contributed by atoms with E-state index in [4.69, 9.17) is 14.3 Å². The molecular weight excluding hydrogens is 270 g/mol. The van der Waals surface area contributed by atoms with Gasteiger partial charge in [-0.1, -0.05) is 6.07 Å². The van der Waals surface area contributed by atoms with Crippen molar-refractivity contribution in [3.05, 3.63) is 35.6 Å². The summed E-state index contributed by atoms with van der Waals surface area (Å²) < 4.78 is 10.8. The van der Waals surface area contributed by atoms with E-state index in [9.17, 15) is 4.79 Å². The molecule has 0 radical (unpaired) electrons. The van der Waals surface area contributed by atoms with Gasteiger partial charge in [-0.05, 0) is 44.7 Å². The predicted molar refractivity (Wildman–Crippen MR) is 80.6 cm³/mol. The van der Waals surface area contributed by atoms with Crippen LogP contribution in [0.3, 0.4) is 0 Å². The summed E-state index contributed by atoms with van der Waals surface area (Å²) in [6.45, 7) is 6.37. The van der Waals surface area contributed by atoms with E-state index in [2.05, 4.69) is 4.90 Å². The van der Waals surface area contributed by atoms with Crippen molar-refractivity contribution in [2.24, 2.45) is 0 Å². The van der Waals surface area contributed by atoms with Crippen LogP contribution in [0.1, 0.15) is 30.0 Å². The molecule has 114 valence electrons. The second kappa shape index (κ2) is 6.74. The molecule has 0 bridgehead atoms. The SMILES string of the molecule is CC(C)OCCN(C)Cc1ccc2oc(C(=O)O)cc2c1. The lowest BCUT2D eigenvalue weighted by Crippen LogP contribution is -2.23. The van der Waals surface area contributed by atoms with Crippen molar-refractivity contribution in [2.75, 3.05) is 20.2 Å². The van der Waals surface area contributed by atoms with Crippen molar-refractivity contribution >= 4 is 16.9 Å². The minimum absolute atomic E-state index is 0.0270. The summed E-state index contributed by atoms with van der Waals surface area (Å²) in [5, 5.41) is 9.74. The number of ether oxygens (including phenoxy) is 1. The highest BCUT2D eigenvalue weighted by atomic mass is 16.5. The molecule has 0 atom stereocenters. The third-order valence-electron chi connectivity index (χ3n) is 3.17.